The number of aryl methyl sites for hydroxylation is 2. The van der Waals surface area contributed by atoms with Crippen LogP contribution < -0.4 is 0 Å². The van der Waals surface area contributed by atoms with Crippen LogP contribution in [0.2, 0.25) is 0 Å². The van der Waals surface area contributed by atoms with E-state index in [0.717, 1.165) is 29.8 Å². The van der Waals surface area contributed by atoms with Gasteiger partial charge in [0.05, 0.1) is 0 Å². The van der Waals surface area contributed by atoms with Gasteiger partial charge in [0.15, 0.2) is 29.7 Å². The Morgan fingerprint density at radius 3 is 2.65 bits per heavy atom. The summed E-state index contributed by atoms with van der Waals surface area (Å²) < 4.78 is 7.52. The van der Waals surface area contributed by atoms with E-state index in [4.69, 9.17) is 4.42 Å². The molecule has 0 radical (unpaired) electrons. The maximum atomic E-state index is 13.7. The van der Waals surface area contributed by atoms with Crippen LogP contribution in [-0.4, -0.2) is 61.0 Å². The Balaban J connectivity index is 1.54. The molecule has 31 heavy (non-hydrogen) atoms. The lowest BCUT2D eigenvalue weighted by Gasteiger charge is -2.36. The molecule has 9 nitrogen and oxygen atoms in total. The topological polar surface area (TPSA) is 97.4 Å². The Labute approximate surface area is 179 Å². The predicted molar refractivity (Wildman–Crippen MR) is 111 cm³/mol. The Kier molecular flexibility index (Phi) is 4.80. The molecule has 0 N–H and O–H groups in total. The second-order valence-corrected chi connectivity index (χ2v) is 8.09. The molecule has 0 aliphatic carbocycles. The molecule has 5 rings (SSSR count). The summed E-state index contributed by atoms with van der Waals surface area (Å²) in [6.45, 7) is 6.13. The van der Waals surface area contributed by atoms with E-state index in [9.17, 15) is 9.59 Å². The third kappa shape index (κ3) is 3.30. The van der Waals surface area contributed by atoms with Gasteiger partial charge in [0, 0.05) is 31.7 Å². The Hall–Kier alpha value is -3.49. The maximum Gasteiger partial charge on any atom is 0.277 e. The zero-order chi connectivity index (χ0) is 21.5. The van der Waals surface area contributed by atoms with Crippen molar-refractivity contribution in [3.8, 4) is 11.3 Å². The Morgan fingerprint density at radius 2 is 1.87 bits per heavy atom. The molecule has 0 bridgehead atoms. The van der Waals surface area contributed by atoms with Crippen LogP contribution in [-0.2, 0) is 11.3 Å². The first kappa shape index (κ1) is 19.5. The summed E-state index contributed by atoms with van der Waals surface area (Å²) in [5.41, 5.74) is 2.03. The first-order valence-corrected chi connectivity index (χ1v) is 10.5. The smallest absolute Gasteiger partial charge is 0.277 e. The molecule has 1 fully saturated rings. The van der Waals surface area contributed by atoms with E-state index in [-0.39, 0.29) is 17.5 Å². The van der Waals surface area contributed by atoms with E-state index < -0.39 is 6.04 Å². The Morgan fingerprint density at radius 1 is 1.06 bits per heavy atom. The van der Waals surface area contributed by atoms with Gasteiger partial charge < -0.3 is 18.8 Å². The van der Waals surface area contributed by atoms with Gasteiger partial charge in [0.1, 0.15) is 5.82 Å². The lowest BCUT2D eigenvalue weighted by molar-refractivity contribution is -0.136. The number of carbonyl (C=O) groups is 2. The average molecular weight is 420 g/mol. The van der Waals surface area contributed by atoms with Crippen LogP contribution in [0.3, 0.4) is 0 Å². The highest BCUT2D eigenvalue weighted by molar-refractivity contribution is 6.00. The highest BCUT2D eigenvalue weighted by atomic mass is 16.3. The summed E-state index contributed by atoms with van der Waals surface area (Å²) in [5, 5.41) is 8.42. The number of likely N-dealkylation sites (tertiary alicyclic amines) is 1. The molecule has 4 heterocycles. The van der Waals surface area contributed by atoms with Crippen molar-refractivity contribution >= 4 is 11.8 Å². The normalized spacial score (nSPS) is 18.3. The van der Waals surface area contributed by atoms with Gasteiger partial charge in [-0.1, -0.05) is 23.8 Å². The second kappa shape index (κ2) is 7.64. The van der Waals surface area contributed by atoms with E-state index >= 15 is 0 Å². The number of amides is 2. The van der Waals surface area contributed by atoms with Crippen LogP contribution in [0, 0.1) is 13.8 Å². The van der Waals surface area contributed by atoms with Gasteiger partial charge in [-0.2, -0.15) is 0 Å². The summed E-state index contributed by atoms with van der Waals surface area (Å²) in [7, 11) is 0. The predicted octanol–water partition coefficient (Wildman–Crippen LogP) is 2.37. The molecule has 1 aromatic carbocycles. The van der Waals surface area contributed by atoms with Gasteiger partial charge >= 0.3 is 0 Å². The van der Waals surface area contributed by atoms with Gasteiger partial charge in [-0.15, -0.1) is 10.2 Å². The van der Waals surface area contributed by atoms with E-state index in [1.54, 1.807) is 4.90 Å². The molecule has 1 atom stereocenters. The van der Waals surface area contributed by atoms with Crippen molar-refractivity contribution in [1.82, 2.24) is 29.5 Å². The van der Waals surface area contributed by atoms with E-state index in [1.807, 2.05) is 47.6 Å². The van der Waals surface area contributed by atoms with Gasteiger partial charge in [-0.3, -0.25) is 9.59 Å². The molecule has 3 aromatic rings. The summed E-state index contributed by atoms with van der Waals surface area (Å²) in [6, 6.07) is 6.90. The van der Waals surface area contributed by atoms with Crippen molar-refractivity contribution in [3.63, 3.8) is 0 Å². The molecule has 160 valence electrons. The van der Waals surface area contributed by atoms with Crippen LogP contribution in [0.15, 0.2) is 35.1 Å². The third-order valence-corrected chi connectivity index (χ3v) is 6.05. The monoisotopic (exact) mass is 420 g/mol. The highest BCUT2D eigenvalue weighted by Gasteiger charge is 2.42. The fourth-order valence-corrected chi connectivity index (χ4v) is 4.45. The number of benzene rings is 1. The standard InChI is InChI=1S/C22H24N6O3/c1-14-6-5-7-16(12-14)19-17(23-13-31-19)21(29)28-11-10-27-15(2)24-25-20(27)18(28)22(30)26-8-3-4-9-26/h5-7,12-13,18H,3-4,8-11H2,1-2H3. The van der Waals surface area contributed by atoms with Crippen molar-refractivity contribution in [2.45, 2.75) is 39.3 Å². The van der Waals surface area contributed by atoms with E-state index in [0.29, 0.717) is 37.8 Å². The number of carbonyl (C=O) groups excluding carboxylic acids is 2. The van der Waals surface area contributed by atoms with Gasteiger partial charge in [0.2, 0.25) is 0 Å². The summed E-state index contributed by atoms with van der Waals surface area (Å²) in [4.78, 5) is 34.7. The number of rotatable bonds is 3. The number of oxazole rings is 1. The zero-order valence-corrected chi connectivity index (χ0v) is 17.6. The van der Waals surface area contributed by atoms with Crippen molar-refractivity contribution in [2.24, 2.45) is 0 Å². The zero-order valence-electron chi connectivity index (χ0n) is 17.6. The summed E-state index contributed by atoms with van der Waals surface area (Å²) in [5.74, 6) is 1.21. The minimum Gasteiger partial charge on any atom is -0.443 e. The number of hydrogen-bond donors (Lipinski definition) is 0. The number of hydrogen-bond acceptors (Lipinski definition) is 6. The molecule has 0 spiro atoms. The minimum atomic E-state index is -0.817. The van der Waals surface area contributed by atoms with E-state index in [2.05, 4.69) is 15.2 Å². The van der Waals surface area contributed by atoms with E-state index in [1.165, 1.54) is 6.39 Å². The van der Waals surface area contributed by atoms with Crippen LogP contribution >= 0.6 is 0 Å². The first-order chi connectivity index (χ1) is 15.0. The van der Waals surface area contributed by atoms with Crippen molar-refractivity contribution in [3.05, 3.63) is 53.6 Å². The lowest BCUT2D eigenvalue weighted by atomic mass is 10.1. The lowest BCUT2D eigenvalue weighted by Crippen LogP contribution is -2.49. The third-order valence-electron chi connectivity index (χ3n) is 6.05. The van der Waals surface area contributed by atoms with Crippen LogP contribution in [0.25, 0.3) is 11.3 Å². The molecule has 0 saturated carbocycles. The van der Waals surface area contributed by atoms with Crippen LogP contribution in [0.4, 0.5) is 0 Å². The second-order valence-electron chi connectivity index (χ2n) is 8.09. The summed E-state index contributed by atoms with van der Waals surface area (Å²) >= 11 is 0. The Bertz CT molecular complexity index is 1140. The number of fused-ring (bicyclic) bond motifs is 1. The maximum absolute atomic E-state index is 13.7. The number of nitrogens with zero attached hydrogens (tertiary/aromatic N) is 6. The molecule has 2 aliphatic rings. The van der Waals surface area contributed by atoms with Gasteiger partial charge in [-0.05, 0) is 32.8 Å². The average Bonchev–Trinajstić information content (AvgIpc) is 3.53. The molecule has 2 amide bonds. The molecular formula is C22H24N6O3. The molecule has 1 saturated heterocycles. The number of aromatic nitrogens is 4. The largest absolute Gasteiger partial charge is 0.443 e. The minimum absolute atomic E-state index is 0.111. The SMILES string of the molecule is Cc1cccc(-c2ocnc2C(=O)N2CCn3c(C)nnc3C2C(=O)N2CCCC2)c1. The molecule has 2 aliphatic heterocycles. The van der Waals surface area contributed by atoms with Gasteiger partial charge in [0.25, 0.3) is 11.8 Å². The van der Waals surface area contributed by atoms with Crippen molar-refractivity contribution in [2.75, 3.05) is 19.6 Å². The molecule has 9 heteroatoms. The fraction of sp³-hybridized carbons (Fsp3) is 0.409. The summed E-state index contributed by atoms with van der Waals surface area (Å²) in [6.07, 6.45) is 3.22. The molecule has 1 unspecified atom stereocenters. The molecular weight excluding hydrogens is 396 g/mol. The molecule has 2 aromatic heterocycles. The highest BCUT2D eigenvalue weighted by Crippen LogP contribution is 2.32. The first-order valence-electron chi connectivity index (χ1n) is 10.5. The van der Waals surface area contributed by atoms with Crippen LogP contribution in [0.1, 0.15) is 46.6 Å². The quantitative estimate of drug-likeness (QED) is 0.645. The van der Waals surface area contributed by atoms with Crippen molar-refractivity contribution in [1.29, 1.82) is 0 Å². The van der Waals surface area contributed by atoms with Crippen LogP contribution in [0.5, 0.6) is 0 Å². The van der Waals surface area contributed by atoms with Crippen molar-refractivity contribution < 1.29 is 14.0 Å². The van der Waals surface area contributed by atoms with Gasteiger partial charge in [-0.25, -0.2) is 4.98 Å². The fourth-order valence-electron chi connectivity index (χ4n) is 4.45.